The summed E-state index contributed by atoms with van der Waals surface area (Å²) in [5, 5.41) is 0. The quantitative estimate of drug-likeness (QED) is 0.473. The van der Waals surface area contributed by atoms with Crippen molar-refractivity contribution >= 4 is 11.8 Å². The van der Waals surface area contributed by atoms with E-state index in [4.69, 9.17) is 0 Å². The second-order valence-corrected chi connectivity index (χ2v) is 4.42. The van der Waals surface area contributed by atoms with E-state index in [1.165, 1.54) is 0 Å². The first-order chi connectivity index (χ1) is 6.81. The second kappa shape index (κ2) is 6.55. The van der Waals surface area contributed by atoms with E-state index in [1.54, 1.807) is 0 Å². The van der Waals surface area contributed by atoms with Crippen LogP contribution in [0.3, 0.4) is 0 Å². The van der Waals surface area contributed by atoms with Crippen molar-refractivity contribution in [2.45, 2.75) is 44.7 Å². The van der Waals surface area contributed by atoms with E-state index < -0.39 is 17.9 Å². The lowest BCUT2D eigenvalue weighted by Gasteiger charge is -2.18. The predicted octanol–water partition coefficient (Wildman–Crippen LogP) is 4.50. The smallest absolute Gasteiger partial charge is 0.195 e. The Hall–Kier alpha value is -0.0000000000000000555. The van der Waals surface area contributed by atoms with Gasteiger partial charge in [0.1, 0.15) is 0 Å². The van der Waals surface area contributed by atoms with Gasteiger partial charge in [-0.15, -0.1) is 0 Å². The van der Waals surface area contributed by atoms with Crippen molar-refractivity contribution in [1.29, 1.82) is 0 Å². The fourth-order valence-corrected chi connectivity index (χ4v) is 1.89. The van der Waals surface area contributed by atoms with Crippen molar-refractivity contribution in [3.05, 3.63) is 0 Å². The molecule has 0 saturated carbocycles. The number of alkyl halides is 5. The van der Waals surface area contributed by atoms with Crippen molar-refractivity contribution in [2.75, 3.05) is 11.5 Å². The minimum atomic E-state index is -5.41. The fraction of sp³-hybridized carbons (Fsp3) is 1.00. The summed E-state index contributed by atoms with van der Waals surface area (Å²) in [5.74, 6) is -5.35. The summed E-state index contributed by atoms with van der Waals surface area (Å²) in [6, 6.07) is 0. The van der Waals surface area contributed by atoms with E-state index in [1.807, 2.05) is 6.92 Å². The number of unbranched alkanes of at least 4 members (excludes halogenated alkanes) is 3. The van der Waals surface area contributed by atoms with E-state index in [9.17, 15) is 22.0 Å². The van der Waals surface area contributed by atoms with Gasteiger partial charge >= 0.3 is 12.1 Å². The first kappa shape index (κ1) is 15.0. The lowest BCUT2D eigenvalue weighted by molar-refractivity contribution is -0.271. The summed E-state index contributed by atoms with van der Waals surface area (Å²) < 4.78 is 59.8. The maximum atomic E-state index is 12.4. The maximum Gasteiger partial charge on any atom is 0.454 e. The van der Waals surface area contributed by atoms with Crippen LogP contribution in [-0.2, 0) is 0 Å². The van der Waals surface area contributed by atoms with Gasteiger partial charge in [0, 0.05) is 0 Å². The Balaban J connectivity index is 3.58. The first-order valence-corrected chi connectivity index (χ1v) is 5.99. The van der Waals surface area contributed by atoms with Crippen molar-refractivity contribution in [1.82, 2.24) is 0 Å². The highest BCUT2D eigenvalue weighted by atomic mass is 32.2. The van der Waals surface area contributed by atoms with Crippen LogP contribution in [0.2, 0.25) is 0 Å². The molecule has 6 heteroatoms. The first-order valence-electron chi connectivity index (χ1n) is 4.83. The van der Waals surface area contributed by atoms with Gasteiger partial charge in [0.2, 0.25) is 0 Å². The molecule has 15 heavy (non-hydrogen) atoms. The standard InChI is InChI=1S/C9H15F5S/c1-2-3-4-5-6-15-7-8(10,11)9(12,13)14/h2-7H2,1H3. The Morgan fingerprint density at radius 1 is 0.933 bits per heavy atom. The van der Waals surface area contributed by atoms with Crippen molar-refractivity contribution in [2.24, 2.45) is 0 Å². The molecule has 0 nitrogen and oxygen atoms in total. The molecule has 0 spiro atoms. The summed E-state index contributed by atoms with van der Waals surface area (Å²) in [6.07, 6.45) is -1.81. The predicted molar refractivity (Wildman–Crippen MR) is 52.5 cm³/mol. The van der Waals surface area contributed by atoms with Crippen LogP contribution in [0.5, 0.6) is 0 Å². The molecule has 0 aliphatic rings. The minimum Gasteiger partial charge on any atom is -0.195 e. The fourth-order valence-electron chi connectivity index (χ4n) is 0.913. The third-order valence-electron chi connectivity index (χ3n) is 1.84. The minimum absolute atomic E-state index is 0.367. The van der Waals surface area contributed by atoms with Crippen molar-refractivity contribution < 1.29 is 22.0 Å². The number of hydrogen-bond donors (Lipinski definition) is 0. The second-order valence-electron chi connectivity index (χ2n) is 3.32. The zero-order valence-electron chi connectivity index (χ0n) is 8.54. The van der Waals surface area contributed by atoms with Crippen LogP contribution >= 0.6 is 11.8 Å². The number of hydrogen-bond acceptors (Lipinski definition) is 1. The summed E-state index contributed by atoms with van der Waals surface area (Å²) in [4.78, 5) is 0. The molecule has 0 aliphatic heterocycles. The topological polar surface area (TPSA) is 0 Å². The molecule has 0 aromatic heterocycles. The Kier molecular flexibility index (Phi) is 6.55. The van der Waals surface area contributed by atoms with Gasteiger partial charge in [0.25, 0.3) is 0 Å². The highest BCUT2D eigenvalue weighted by Crippen LogP contribution is 2.37. The highest BCUT2D eigenvalue weighted by Gasteiger charge is 2.56. The molecule has 0 amide bonds. The van der Waals surface area contributed by atoms with Gasteiger partial charge in [0.05, 0.1) is 5.75 Å². The van der Waals surface area contributed by atoms with Crippen LogP contribution in [0.1, 0.15) is 32.6 Å². The molecule has 0 aromatic carbocycles. The number of rotatable bonds is 7. The molecule has 0 N–H and O–H groups in total. The molecule has 0 rings (SSSR count). The number of halogens is 5. The summed E-state index contributed by atoms with van der Waals surface area (Å²) >= 11 is 0.668. The molecular weight excluding hydrogens is 235 g/mol. The van der Waals surface area contributed by atoms with Gasteiger partial charge in [-0.1, -0.05) is 26.2 Å². The largest absolute Gasteiger partial charge is 0.454 e. The molecule has 0 heterocycles. The SMILES string of the molecule is CCCCCCSCC(F)(F)C(F)(F)F. The molecule has 0 bridgehead atoms. The van der Waals surface area contributed by atoms with Gasteiger partial charge in [0.15, 0.2) is 0 Å². The lowest BCUT2D eigenvalue weighted by Crippen LogP contribution is -2.38. The van der Waals surface area contributed by atoms with Crippen molar-refractivity contribution in [3.8, 4) is 0 Å². The maximum absolute atomic E-state index is 12.4. The van der Waals surface area contributed by atoms with Crippen LogP contribution in [-0.4, -0.2) is 23.6 Å². The van der Waals surface area contributed by atoms with Gasteiger partial charge in [-0.05, 0) is 12.2 Å². The zero-order chi connectivity index (χ0) is 11.9. The summed E-state index contributed by atoms with van der Waals surface area (Å²) in [6.45, 7) is 2.00. The van der Waals surface area contributed by atoms with Gasteiger partial charge < -0.3 is 0 Å². The number of thioether (sulfide) groups is 1. The van der Waals surface area contributed by atoms with Gasteiger partial charge in [-0.3, -0.25) is 0 Å². The monoisotopic (exact) mass is 250 g/mol. The zero-order valence-corrected chi connectivity index (χ0v) is 9.36. The van der Waals surface area contributed by atoms with Crippen LogP contribution in [0.25, 0.3) is 0 Å². The van der Waals surface area contributed by atoms with Gasteiger partial charge in [-0.25, -0.2) is 0 Å². The molecular formula is C9H15F5S. The molecule has 0 radical (unpaired) electrons. The van der Waals surface area contributed by atoms with Crippen LogP contribution in [0.15, 0.2) is 0 Å². The Morgan fingerprint density at radius 3 is 2.00 bits per heavy atom. The normalized spacial score (nSPS) is 13.2. The van der Waals surface area contributed by atoms with Crippen LogP contribution < -0.4 is 0 Å². The molecule has 0 unspecified atom stereocenters. The van der Waals surface area contributed by atoms with E-state index >= 15 is 0 Å². The van der Waals surface area contributed by atoms with E-state index in [0.717, 1.165) is 19.3 Å². The third-order valence-corrected chi connectivity index (χ3v) is 2.98. The van der Waals surface area contributed by atoms with Crippen LogP contribution in [0, 0.1) is 0 Å². The average Bonchev–Trinajstić information content (AvgIpc) is 2.09. The van der Waals surface area contributed by atoms with E-state index in [0.29, 0.717) is 23.9 Å². The highest BCUT2D eigenvalue weighted by molar-refractivity contribution is 7.99. The molecule has 0 fully saturated rings. The Labute approximate surface area is 90.6 Å². The van der Waals surface area contributed by atoms with Crippen LogP contribution in [0.4, 0.5) is 22.0 Å². The van der Waals surface area contributed by atoms with E-state index in [-0.39, 0.29) is 0 Å². The molecule has 92 valence electrons. The summed E-state index contributed by atoms with van der Waals surface area (Å²) in [5.41, 5.74) is 0. The van der Waals surface area contributed by atoms with Crippen molar-refractivity contribution in [3.63, 3.8) is 0 Å². The summed E-state index contributed by atoms with van der Waals surface area (Å²) in [7, 11) is 0. The Morgan fingerprint density at radius 2 is 1.53 bits per heavy atom. The molecule has 0 atom stereocenters. The van der Waals surface area contributed by atoms with E-state index in [2.05, 4.69) is 0 Å². The third kappa shape index (κ3) is 6.22. The molecule has 0 saturated heterocycles. The average molecular weight is 250 g/mol. The molecule has 0 aliphatic carbocycles. The lowest BCUT2D eigenvalue weighted by atomic mass is 10.2. The Bertz CT molecular complexity index is 166. The molecule has 0 aromatic rings. The van der Waals surface area contributed by atoms with Gasteiger partial charge in [-0.2, -0.15) is 33.7 Å².